The summed E-state index contributed by atoms with van der Waals surface area (Å²) in [6.07, 6.45) is 0.558. The van der Waals surface area contributed by atoms with E-state index in [4.69, 9.17) is 0 Å². The first-order valence-electron chi connectivity index (χ1n) is 7.77. The Bertz CT molecular complexity index is 734. The summed E-state index contributed by atoms with van der Waals surface area (Å²) < 4.78 is 2.01. The molecular formula is C19H21NO2S. The quantitative estimate of drug-likeness (QED) is 0.861. The van der Waals surface area contributed by atoms with Crippen LogP contribution < -0.4 is 0 Å². The molecule has 3 rings (SSSR count). The molecule has 3 nitrogen and oxygen atoms in total. The molecule has 0 spiro atoms. The van der Waals surface area contributed by atoms with E-state index in [1.54, 1.807) is 11.9 Å². The number of fused-ring (bicyclic) bond motifs is 1. The van der Waals surface area contributed by atoms with Crippen LogP contribution in [0.25, 0.3) is 0 Å². The van der Waals surface area contributed by atoms with Gasteiger partial charge in [0.2, 0.25) is 0 Å². The smallest absolute Gasteiger partial charge is 0.322 e. The van der Waals surface area contributed by atoms with Crippen LogP contribution in [0.3, 0.4) is 0 Å². The van der Waals surface area contributed by atoms with E-state index in [0.717, 1.165) is 5.56 Å². The summed E-state index contributed by atoms with van der Waals surface area (Å²) in [5.41, 5.74) is 6.02. The average Bonchev–Trinajstić information content (AvgIpc) is 2.49. The van der Waals surface area contributed by atoms with Gasteiger partial charge in [0.15, 0.2) is 0 Å². The molecule has 0 radical (unpaired) electrons. The van der Waals surface area contributed by atoms with Crippen molar-refractivity contribution in [3.63, 3.8) is 0 Å². The number of rotatable bonds is 3. The van der Waals surface area contributed by atoms with Crippen molar-refractivity contribution in [1.82, 2.24) is 4.31 Å². The first-order valence-corrected chi connectivity index (χ1v) is 8.55. The molecule has 2 aromatic carbocycles. The number of aryl methyl sites for hydroxylation is 3. The summed E-state index contributed by atoms with van der Waals surface area (Å²) >= 11 is 1.58. The highest BCUT2D eigenvalue weighted by Crippen LogP contribution is 2.36. The van der Waals surface area contributed by atoms with E-state index in [0.29, 0.717) is 13.0 Å². The normalized spacial score (nSPS) is 17.8. The molecular weight excluding hydrogens is 306 g/mol. The lowest BCUT2D eigenvalue weighted by molar-refractivity contribution is -0.141. The number of carbonyl (C=O) groups is 1. The Morgan fingerprint density at radius 1 is 1.13 bits per heavy atom. The minimum absolute atomic E-state index is 0.491. The molecule has 23 heavy (non-hydrogen) atoms. The molecule has 1 unspecified atom stereocenters. The third kappa shape index (κ3) is 3.28. The van der Waals surface area contributed by atoms with E-state index in [1.165, 1.54) is 27.1 Å². The van der Waals surface area contributed by atoms with Crippen molar-refractivity contribution in [3.8, 4) is 0 Å². The van der Waals surface area contributed by atoms with Crippen LogP contribution in [0.2, 0.25) is 0 Å². The first kappa shape index (κ1) is 16.1. The van der Waals surface area contributed by atoms with Crippen LogP contribution in [0.4, 0.5) is 0 Å². The third-order valence-electron chi connectivity index (χ3n) is 4.30. The predicted octanol–water partition coefficient (Wildman–Crippen LogP) is 4.13. The number of carboxylic acid groups (broad SMARTS) is 1. The van der Waals surface area contributed by atoms with E-state index in [9.17, 15) is 9.90 Å². The molecule has 1 atom stereocenters. The van der Waals surface area contributed by atoms with E-state index in [1.807, 2.05) is 22.5 Å². The number of carboxylic acids is 1. The maximum absolute atomic E-state index is 11.7. The standard InChI is InChI=1S/C19H21NO2S/c1-12-8-13(2)18(14(3)9-12)23-20-11-16-7-5-4-6-15(16)10-17(20)19(21)22/h4-9,17H,10-11H2,1-3H3,(H,21,22). The molecule has 0 saturated carbocycles. The molecule has 0 bridgehead atoms. The van der Waals surface area contributed by atoms with E-state index in [-0.39, 0.29) is 0 Å². The summed E-state index contributed by atoms with van der Waals surface area (Å²) in [5, 5.41) is 9.64. The maximum Gasteiger partial charge on any atom is 0.322 e. The van der Waals surface area contributed by atoms with E-state index in [2.05, 4.69) is 39.0 Å². The SMILES string of the molecule is Cc1cc(C)c(SN2Cc3ccccc3CC2C(=O)O)c(C)c1. The number of hydrogen-bond acceptors (Lipinski definition) is 3. The van der Waals surface area contributed by atoms with Crippen LogP contribution in [-0.4, -0.2) is 21.4 Å². The predicted molar refractivity (Wildman–Crippen MR) is 93.6 cm³/mol. The molecule has 120 valence electrons. The van der Waals surface area contributed by atoms with Crippen molar-refractivity contribution in [2.45, 2.75) is 44.7 Å². The van der Waals surface area contributed by atoms with Gasteiger partial charge in [0, 0.05) is 11.4 Å². The minimum atomic E-state index is -0.755. The number of benzene rings is 2. The van der Waals surface area contributed by atoms with Gasteiger partial charge in [0.05, 0.1) is 0 Å². The highest BCUT2D eigenvalue weighted by Gasteiger charge is 2.32. The van der Waals surface area contributed by atoms with Gasteiger partial charge in [-0.3, -0.25) is 4.79 Å². The van der Waals surface area contributed by atoms with Crippen LogP contribution in [0.1, 0.15) is 27.8 Å². The lowest BCUT2D eigenvalue weighted by atomic mass is 9.96. The Kier molecular flexibility index (Phi) is 4.46. The fraction of sp³-hybridized carbons (Fsp3) is 0.316. The van der Waals surface area contributed by atoms with Crippen molar-refractivity contribution in [3.05, 3.63) is 64.2 Å². The van der Waals surface area contributed by atoms with Gasteiger partial charge in [-0.1, -0.05) is 42.0 Å². The molecule has 1 N–H and O–H groups in total. The lowest BCUT2D eigenvalue weighted by Gasteiger charge is -2.34. The van der Waals surface area contributed by atoms with Gasteiger partial charge in [0.1, 0.15) is 6.04 Å². The molecule has 0 amide bonds. The molecule has 1 aliphatic rings. The molecule has 0 fully saturated rings. The molecule has 0 aromatic heterocycles. The van der Waals surface area contributed by atoms with Gasteiger partial charge >= 0.3 is 5.97 Å². The number of nitrogens with zero attached hydrogens (tertiary/aromatic N) is 1. The largest absolute Gasteiger partial charge is 0.480 e. The highest BCUT2D eigenvalue weighted by molar-refractivity contribution is 7.97. The van der Waals surface area contributed by atoms with Gasteiger partial charge in [-0.25, -0.2) is 4.31 Å². The van der Waals surface area contributed by atoms with E-state index >= 15 is 0 Å². The van der Waals surface area contributed by atoms with Crippen LogP contribution in [0.5, 0.6) is 0 Å². The van der Waals surface area contributed by atoms with Crippen molar-refractivity contribution >= 4 is 17.9 Å². The lowest BCUT2D eigenvalue weighted by Crippen LogP contribution is -2.41. The average molecular weight is 327 g/mol. The monoisotopic (exact) mass is 327 g/mol. The fourth-order valence-corrected chi connectivity index (χ4v) is 4.37. The zero-order valence-corrected chi connectivity index (χ0v) is 14.5. The van der Waals surface area contributed by atoms with Crippen LogP contribution in [0, 0.1) is 20.8 Å². The van der Waals surface area contributed by atoms with E-state index < -0.39 is 12.0 Å². The van der Waals surface area contributed by atoms with Crippen LogP contribution in [0.15, 0.2) is 41.3 Å². The topological polar surface area (TPSA) is 40.5 Å². The zero-order chi connectivity index (χ0) is 16.6. The Morgan fingerprint density at radius 2 is 1.74 bits per heavy atom. The molecule has 1 heterocycles. The number of aliphatic carboxylic acids is 1. The third-order valence-corrected chi connectivity index (χ3v) is 5.75. The molecule has 0 aliphatic carbocycles. The van der Waals surface area contributed by atoms with Gasteiger partial charge in [-0.05, 0) is 61.4 Å². The second-order valence-corrected chi connectivity index (χ2v) is 7.28. The van der Waals surface area contributed by atoms with Crippen molar-refractivity contribution in [1.29, 1.82) is 0 Å². The summed E-state index contributed by atoms with van der Waals surface area (Å²) in [6.45, 7) is 6.93. The van der Waals surface area contributed by atoms with Gasteiger partial charge in [-0.2, -0.15) is 0 Å². The summed E-state index contributed by atoms with van der Waals surface area (Å²) in [7, 11) is 0. The Labute approximate surface area is 141 Å². The van der Waals surface area contributed by atoms with Gasteiger partial charge in [-0.15, -0.1) is 0 Å². The highest BCUT2D eigenvalue weighted by atomic mass is 32.2. The molecule has 4 heteroatoms. The molecule has 1 aliphatic heterocycles. The van der Waals surface area contributed by atoms with Crippen LogP contribution in [-0.2, 0) is 17.8 Å². The van der Waals surface area contributed by atoms with Crippen molar-refractivity contribution < 1.29 is 9.90 Å². The molecule has 2 aromatic rings. The van der Waals surface area contributed by atoms with Crippen LogP contribution >= 0.6 is 11.9 Å². The van der Waals surface area contributed by atoms with Crippen molar-refractivity contribution in [2.75, 3.05) is 0 Å². The summed E-state index contributed by atoms with van der Waals surface area (Å²) in [4.78, 5) is 12.9. The summed E-state index contributed by atoms with van der Waals surface area (Å²) in [5.74, 6) is -0.755. The molecule has 0 saturated heterocycles. The minimum Gasteiger partial charge on any atom is -0.480 e. The number of hydrogen-bond donors (Lipinski definition) is 1. The van der Waals surface area contributed by atoms with Gasteiger partial charge < -0.3 is 5.11 Å². The Balaban J connectivity index is 1.93. The van der Waals surface area contributed by atoms with Gasteiger partial charge in [0.25, 0.3) is 0 Å². The zero-order valence-electron chi connectivity index (χ0n) is 13.7. The Morgan fingerprint density at radius 3 is 2.35 bits per heavy atom. The second-order valence-electron chi connectivity index (χ2n) is 6.22. The second kappa shape index (κ2) is 6.38. The Hall–Kier alpha value is -1.78. The summed E-state index contributed by atoms with van der Waals surface area (Å²) in [6, 6.07) is 12.0. The van der Waals surface area contributed by atoms with Crippen molar-refractivity contribution in [2.24, 2.45) is 0 Å². The fourth-order valence-electron chi connectivity index (χ4n) is 3.23. The first-order chi connectivity index (χ1) is 11.0. The maximum atomic E-state index is 11.7.